The SMILES string of the molecule is Cc1ccc(C(=O)N2CCCN(c3cc(-c4ccc(Cl)cc4)[nH]n3)CC2)cc1C. The lowest BCUT2D eigenvalue weighted by Crippen LogP contribution is -2.35. The molecule has 1 aliphatic rings. The Hall–Kier alpha value is -2.79. The summed E-state index contributed by atoms with van der Waals surface area (Å²) in [5.74, 6) is 1.02. The van der Waals surface area contributed by atoms with Crippen LogP contribution in [0, 0.1) is 13.8 Å². The number of nitrogens with one attached hydrogen (secondary N) is 1. The second-order valence-corrected chi connectivity index (χ2v) is 8.01. The fourth-order valence-electron chi connectivity index (χ4n) is 3.66. The third-order valence-corrected chi connectivity index (χ3v) is 5.83. The van der Waals surface area contributed by atoms with Crippen molar-refractivity contribution in [3.63, 3.8) is 0 Å². The summed E-state index contributed by atoms with van der Waals surface area (Å²) in [6.07, 6.45) is 0.916. The molecule has 1 aromatic heterocycles. The first-order valence-electron chi connectivity index (χ1n) is 9.94. The molecule has 150 valence electrons. The Morgan fingerprint density at radius 2 is 1.76 bits per heavy atom. The zero-order chi connectivity index (χ0) is 20.4. The Balaban J connectivity index is 1.44. The summed E-state index contributed by atoms with van der Waals surface area (Å²) in [5, 5.41) is 8.33. The molecular formula is C23H25ClN4O. The van der Waals surface area contributed by atoms with Crippen molar-refractivity contribution in [2.45, 2.75) is 20.3 Å². The van der Waals surface area contributed by atoms with E-state index in [9.17, 15) is 4.79 Å². The van der Waals surface area contributed by atoms with Gasteiger partial charge >= 0.3 is 0 Å². The zero-order valence-corrected chi connectivity index (χ0v) is 17.5. The van der Waals surface area contributed by atoms with E-state index in [-0.39, 0.29) is 5.91 Å². The largest absolute Gasteiger partial charge is 0.353 e. The van der Waals surface area contributed by atoms with Crippen LogP contribution in [0.25, 0.3) is 11.3 Å². The fraction of sp³-hybridized carbons (Fsp3) is 0.304. The number of halogens is 1. The van der Waals surface area contributed by atoms with Crippen LogP contribution in [0.5, 0.6) is 0 Å². The van der Waals surface area contributed by atoms with Gasteiger partial charge in [-0.2, -0.15) is 5.10 Å². The molecular weight excluding hydrogens is 384 g/mol. The number of hydrogen-bond acceptors (Lipinski definition) is 3. The van der Waals surface area contributed by atoms with Crippen LogP contribution in [0.4, 0.5) is 5.82 Å². The van der Waals surface area contributed by atoms with Crippen LogP contribution in [0.2, 0.25) is 5.02 Å². The van der Waals surface area contributed by atoms with E-state index < -0.39 is 0 Å². The molecule has 6 heteroatoms. The average Bonchev–Trinajstić information content (AvgIpc) is 3.08. The number of H-pyrrole nitrogens is 1. The van der Waals surface area contributed by atoms with E-state index in [1.54, 1.807) is 0 Å². The maximum absolute atomic E-state index is 13.0. The summed E-state index contributed by atoms with van der Waals surface area (Å²) >= 11 is 5.98. The minimum absolute atomic E-state index is 0.110. The molecule has 0 spiro atoms. The summed E-state index contributed by atoms with van der Waals surface area (Å²) in [6, 6.07) is 15.7. The number of carbonyl (C=O) groups excluding carboxylic acids is 1. The van der Waals surface area contributed by atoms with Crippen LogP contribution in [0.15, 0.2) is 48.5 Å². The first-order valence-corrected chi connectivity index (χ1v) is 10.3. The van der Waals surface area contributed by atoms with Gasteiger partial charge in [0.2, 0.25) is 0 Å². The molecule has 0 aliphatic carbocycles. The molecule has 0 radical (unpaired) electrons. The van der Waals surface area contributed by atoms with Gasteiger partial charge in [0.1, 0.15) is 0 Å². The molecule has 2 heterocycles. The molecule has 2 aromatic carbocycles. The van der Waals surface area contributed by atoms with Gasteiger partial charge in [-0.3, -0.25) is 9.89 Å². The highest BCUT2D eigenvalue weighted by molar-refractivity contribution is 6.30. The summed E-state index contributed by atoms with van der Waals surface area (Å²) in [5.41, 5.74) is 5.14. The number of benzene rings is 2. The van der Waals surface area contributed by atoms with Gasteiger partial charge in [0.25, 0.3) is 5.91 Å². The Bertz CT molecular complexity index is 1010. The monoisotopic (exact) mass is 408 g/mol. The van der Waals surface area contributed by atoms with Crippen molar-refractivity contribution in [3.05, 3.63) is 70.2 Å². The van der Waals surface area contributed by atoms with Gasteiger partial charge in [-0.25, -0.2) is 0 Å². The number of aryl methyl sites for hydroxylation is 2. The topological polar surface area (TPSA) is 52.2 Å². The van der Waals surface area contributed by atoms with E-state index in [4.69, 9.17) is 11.6 Å². The number of aromatic amines is 1. The van der Waals surface area contributed by atoms with Gasteiger partial charge in [0, 0.05) is 42.8 Å². The second kappa shape index (κ2) is 8.29. The van der Waals surface area contributed by atoms with Crippen LogP contribution in [0.3, 0.4) is 0 Å². The zero-order valence-electron chi connectivity index (χ0n) is 16.8. The van der Waals surface area contributed by atoms with Crippen molar-refractivity contribution < 1.29 is 4.79 Å². The molecule has 0 unspecified atom stereocenters. The van der Waals surface area contributed by atoms with E-state index in [2.05, 4.69) is 28.1 Å². The van der Waals surface area contributed by atoms with Crippen molar-refractivity contribution in [1.82, 2.24) is 15.1 Å². The number of carbonyl (C=O) groups is 1. The van der Waals surface area contributed by atoms with E-state index in [1.807, 2.05) is 54.3 Å². The van der Waals surface area contributed by atoms with Crippen LogP contribution in [-0.4, -0.2) is 47.2 Å². The predicted octanol–water partition coefficient (Wildman–Crippen LogP) is 4.70. The van der Waals surface area contributed by atoms with E-state index in [0.717, 1.165) is 59.3 Å². The Kier molecular flexibility index (Phi) is 5.58. The van der Waals surface area contributed by atoms with E-state index in [1.165, 1.54) is 5.56 Å². The number of amides is 1. The maximum atomic E-state index is 13.0. The molecule has 0 saturated carbocycles. The summed E-state index contributed by atoms with van der Waals surface area (Å²) in [4.78, 5) is 17.1. The number of aromatic nitrogens is 2. The minimum atomic E-state index is 0.110. The van der Waals surface area contributed by atoms with Crippen LogP contribution in [0.1, 0.15) is 27.9 Å². The first kappa shape index (κ1) is 19.5. The third-order valence-electron chi connectivity index (χ3n) is 5.58. The third kappa shape index (κ3) is 4.30. The van der Waals surface area contributed by atoms with Crippen molar-refractivity contribution >= 4 is 23.3 Å². The van der Waals surface area contributed by atoms with Gasteiger partial charge in [-0.05, 0) is 61.2 Å². The van der Waals surface area contributed by atoms with Gasteiger partial charge in [-0.1, -0.05) is 29.8 Å². The second-order valence-electron chi connectivity index (χ2n) is 7.58. The highest BCUT2D eigenvalue weighted by Crippen LogP contribution is 2.24. The molecule has 1 saturated heterocycles. The van der Waals surface area contributed by atoms with Crippen LogP contribution < -0.4 is 4.90 Å². The van der Waals surface area contributed by atoms with E-state index >= 15 is 0 Å². The van der Waals surface area contributed by atoms with Crippen molar-refractivity contribution in [2.24, 2.45) is 0 Å². The molecule has 1 fully saturated rings. The summed E-state index contributed by atoms with van der Waals surface area (Å²) in [7, 11) is 0. The van der Waals surface area contributed by atoms with Crippen LogP contribution >= 0.6 is 11.6 Å². The molecule has 4 rings (SSSR count). The van der Waals surface area contributed by atoms with Gasteiger partial charge < -0.3 is 9.80 Å². The lowest BCUT2D eigenvalue weighted by molar-refractivity contribution is 0.0767. The van der Waals surface area contributed by atoms with Gasteiger partial charge in [0.15, 0.2) is 5.82 Å². The quantitative estimate of drug-likeness (QED) is 0.683. The minimum Gasteiger partial charge on any atom is -0.353 e. The molecule has 0 bridgehead atoms. The first-order chi connectivity index (χ1) is 14.0. The van der Waals surface area contributed by atoms with Crippen LogP contribution in [-0.2, 0) is 0 Å². The number of rotatable bonds is 3. The fourth-order valence-corrected chi connectivity index (χ4v) is 3.78. The predicted molar refractivity (Wildman–Crippen MR) is 118 cm³/mol. The highest BCUT2D eigenvalue weighted by Gasteiger charge is 2.22. The molecule has 3 aromatic rings. The number of nitrogens with zero attached hydrogens (tertiary/aromatic N) is 3. The normalized spacial score (nSPS) is 14.7. The standard InChI is InChI=1S/C23H25ClN4O/c1-16-4-5-19(14-17(16)2)23(29)28-11-3-10-27(12-13-28)22-15-21(25-26-22)18-6-8-20(24)9-7-18/h4-9,14-15H,3,10-13H2,1-2H3,(H,25,26). The van der Waals surface area contributed by atoms with Crippen molar-refractivity contribution in [3.8, 4) is 11.3 Å². The smallest absolute Gasteiger partial charge is 0.253 e. The molecule has 29 heavy (non-hydrogen) atoms. The summed E-state index contributed by atoms with van der Waals surface area (Å²) in [6.45, 7) is 7.20. The number of anilines is 1. The average molecular weight is 409 g/mol. The molecule has 1 aliphatic heterocycles. The maximum Gasteiger partial charge on any atom is 0.253 e. The molecule has 5 nitrogen and oxygen atoms in total. The summed E-state index contributed by atoms with van der Waals surface area (Å²) < 4.78 is 0. The molecule has 1 N–H and O–H groups in total. The molecule has 1 amide bonds. The highest BCUT2D eigenvalue weighted by atomic mass is 35.5. The van der Waals surface area contributed by atoms with Crippen molar-refractivity contribution in [1.29, 1.82) is 0 Å². The number of hydrogen-bond donors (Lipinski definition) is 1. The lowest BCUT2D eigenvalue weighted by atomic mass is 10.1. The van der Waals surface area contributed by atoms with Gasteiger partial charge in [-0.15, -0.1) is 0 Å². The molecule has 0 atom stereocenters. The van der Waals surface area contributed by atoms with Gasteiger partial charge in [0.05, 0.1) is 5.69 Å². The Labute approximate surface area is 176 Å². The Morgan fingerprint density at radius 1 is 0.966 bits per heavy atom. The van der Waals surface area contributed by atoms with Crippen molar-refractivity contribution in [2.75, 3.05) is 31.1 Å². The van der Waals surface area contributed by atoms with E-state index in [0.29, 0.717) is 6.54 Å². The lowest BCUT2D eigenvalue weighted by Gasteiger charge is -2.22. The Morgan fingerprint density at radius 3 is 2.52 bits per heavy atom.